The minimum absolute atomic E-state index is 0.00132. The number of nitrogens with one attached hydrogen (secondary N) is 2. The van der Waals surface area contributed by atoms with Crippen LogP contribution in [0.3, 0.4) is 0 Å². The highest BCUT2D eigenvalue weighted by Crippen LogP contribution is 2.22. The molecule has 0 spiro atoms. The van der Waals surface area contributed by atoms with Crippen LogP contribution in [0.25, 0.3) is 0 Å². The van der Waals surface area contributed by atoms with E-state index < -0.39 is 5.56 Å². The number of aromatic nitrogens is 2. The van der Waals surface area contributed by atoms with E-state index in [2.05, 4.69) is 36.7 Å². The van der Waals surface area contributed by atoms with Crippen LogP contribution in [0.5, 0.6) is 5.75 Å². The number of halogens is 2. The van der Waals surface area contributed by atoms with Crippen molar-refractivity contribution < 1.29 is 4.74 Å². The summed E-state index contributed by atoms with van der Waals surface area (Å²) in [6.45, 7) is 2.46. The lowest BCUT2D eigenvalue weighted by atomic mass is 10.2. The van der Waals surface area contributed by atoms with Crippen molar-refractivity contribution >= 4 is 39.4 Å². The van der Waals surface area contributed by atoms with Crippen molar-refractivity contribution in [2.45, 2.75) is 6.92 Å². The second-order valence-electron chi connectivity index (χ2n) is 3.91. The summed E-state index contributed by atoms with van der Waals surface area (Å²) in [7, 11) is 0. The normalized spacial score (nSPS) is 10.8. The Labute approximate surface area is 134 Å². The standard InChI is InChI=1S/C13H12BrClN4O2/c1-2-21-11-4-3-9(14)5-8(11)6-16-18-10-7-17-19-13(20)12(10)15/h3-7H,2H2,1H3,(H2,18,19,20)/b16-6+. The van der Waals surface area contributed by atoms with E-state index in [4.69, 9.17) is 16.3 Å². The molecule has 0 aliphatic rings. The Morgan fingerprint density at radius 3 is 3.14 bits per heavy atom. The summed E-state index contributed by atoms with van der Waals surface area (Å²) >= 11 is 9.22. The number of rotatable bonds is 5. The fourth-order valence-corrected chi connectivity index (χ4v) is 2.05. The maximum Gasteiger partial charge on any atom is 0.285 e. The highest BCUT2D eigenvalue weighted by atomic mass is 79.9. The van der Waals surface area contributed by atoms with Gasteiger partial charge in [-0.3, -0.25) is 10.2 Å². The predicted octanol–water partition coefficient (Wildman–Crippen LogP) is 3.03. The first-order valence-corrected chi connectivity index (χ1v) is 7.23. The third-order valence-electron chi connectivity index (χ3n) is 2.46. The first-order valence-electron chi connectivity index (χ1n) is 6.06. The van der Waals surface area contributed by atoms with E-state index >= 15 is 0 Å². The summed E-state index contributed by atoms with van der Waals surface area (Å²) in [5, 5.41) is 9.91. The smallest absolute Gasteiger partial charge is 0.285 e. The number of ether oxygens (including phenoxy) is 1. The molecule has 0 fully saturated rings. The molecule has 0 aliphatic heterocycles. The SMILES string of the molecule is CCOc1ccc(Br)cc1/C=N/Nc1cn[nH]c(=O)c1Cl. The van der Waals surface area contributed by atoms with Crippen LogP contribution in [0.2, 0.25) is 5.02 Å². The Balaban J connectivity index is 2.19. The van der Waals surface area contributed by atoms with Gasteiger partial charge in [-0.2, -0.15) is 10.2 Å². The van der Waals surface area contributed by atoms with Gasteiger partial charge in [0, 0.05) is 10.0 Å². The Hall–Kier alpha value is -1.86. The molecule has 1 heterocycles. The Kier molecular flexibility index (Phi) is 5.35. The molecule has 2 aromatic rings. The second kappa shape index (κ2) is 7.24. The van der Waals surface area contributed by atoms with Crippen LogP contribution in [0.4, 0.5) is 5.69 Å². The van der Waals surface area contributed by atoms with E-state index in [9.17, 15) is 4.79 Å². The molecule has 1 aromatic heterocycles. The van der Waals surface area contributed by atoms with Crippen molar-refractivity contribution in [1.82, 2.24) is 10.2 Å². The van der Waals surface area contributed by atoms with Gasteiger partial charge in [-0.1, -0.05) is 27.5 Å². The highest BCUT2D eigenvalue weighted by Gasteiger charge is 2.04. The average Bonchev–Trinajstić information content (AvgIpc) is 2.46. The fourth-order valence-electron chi connectivity index (χ4n) is 1.54. The van der Waals surface area contributed by atoms with Crippen LogP contribution in [0.1, 0.15) is 12.5 Å². The number of aromatic amines is 1. The maximum atomic E-state index is 11.3. The Morgan fingerprint density at radius 1 is 1.57 bits per heavy atom. The van der Waals surface area contributed by atoms with E-state index in [0.717, 1.165) is 10.0 Å². The minimum Gasteiger partial charge on any atom is -0.493 e. The lowest BCUT2D eigenvalue weighted by molar-refractivity contribution is 0.339. The van der Waals surface area contributed by atoms with Gasteiger partial charge in [-0.25, -0.2) is 5.10 Å². The number of hydrazone groups is 1. The van der Waals surface area contributed by atoms with Crippen LogP contribution in [0, 0.1) is 0 Å². The summed E-state index contributed by atoms with van der Waals surface area (Å²) in [6.07, 6.45) is 2.96. The van der Waals surface area contributed by atoms with Gasteiger partial charge in [-0.05, 0) is 25.1 Å². The van der Waals surface area contributed by atoms with Gasteiger partial charge in [-0.15, -0.1) is 0 Å². The topological polar surface area (TPSA) is 79.4 Å². The highest BCUT2D eigenvalue weighted by molar-refractivity contribution is 9.10. The van der Waals surface area contributed by atoms with Gasteiger partial charge < -0.3 is 4.74 Å². The molecule has 0 atom stereocenters. The molecule has 21 heavy (non-hydrogen) atoms. The van der Waals surface area contributed by atoms with Crippen LogP contribution in [0.15, 0.2) is 38.8 Å². The number of hydrogen-bond acceptors (Lipinski definition) is 5. The number of H-pyrrole nitrogens is 1. The van der Waals surface area contributed by atoms with Crippen LogP contribution >= 0.6 is 27.5 Å². The summed E-state index contributed by atoms with van der Waals surface area (Å²) in [5.74, 6) is 0.710. The second-order valence-corrected chi connectivity index (χ2v) is 5.21. The van der Waals surface area contributed by atoms with Gasteiger partial charge in [0.2, 0.25) is 0 Å². The molecule has 0 unspecified atom stereocenters. The van der Waals surface area contributed by atoms with E-state index in [0.29, 0.717) is 18.0 Å². The number of anilines is 1. The molecule has 110 valence electrons. The molecule has 2 N–H and O–H groups in total. The monoisotopic (exact) mass is 370 g/mol. The first-order chi connectivity index (χ1) is 10.1. The Bertz CT molecular complexity index is 718. The third-order valence-corrected chi connectivity index (χ3v) is 3.32. The van der Waals surface area contributed by atoms with Crippen molar-refractivity contribution in [2.75, 3.05) is 12.0 Å². The summed E-state index contributed by atoms with van der Waals surface area (Å²) in [5.41, 5.74) is 3.31. The van der Waals surface area contributed by atoms with E-state index in [1.807, 2.05) is 25.1 Å². The molecule has 0 saturated heterocycles. The fraction of sp³-hybridized carbons (Fsp3) is 0.154. The third kappa shape index (κ3) is 4.05. The average molecular weight is 372 g/mol. The first kappa shape index (κ1) is 15.5. The lowest BCUT2D eigenvalue weighted by Crippen LogP contribution is -2.10. The van der Waals surface area contributed by atoms with E-state index in [1.165, 1.54) is 6.20 Å². The zero-order valence-electron chi connectivity index (χ0n) is 11.1. The number of benzene rings is 1. The van der Waals surface area contributed by atoms with Crippen molar-refractivity contribution in [3.8, 4) is 5.75 Å². The molecule has 0 bridgehead atoms. The lowest BCUT2D eigenvalue weighted by Gasteiger charge is -2.07. The Morgan fingerprint density at radius 2 is 2.38 bits per heavy atom. The van der Waals surface area contributed by atoms with Crippen molar-refractivity contribution in [1.29, 1.82) is 0 Å². The zero-order valence-corrected chi connectivity index (χ0v) is 13.4. The summed E-state index contributed by atoms with van der Waals surface area (Å²) in [4.78, 5) is 11.3. The number of hydrogen-bond donors (Lipinski definition) is 2. The van der Waals surface area contributed by atoms with Gasteiger partial charge in [0.15, 0.2) is 0 Å². The van der Waals surface area contributed by atoms with Crippen LogP contribution in [-0.4, -0.2) is 23.0 Å². The van der Waals surface area contributed by atoms with Crippen molar-refractivity contribution in [3.63, 3.8) is 0 Å². The largest absolute Gasteiger partial charge is 0.493 e. The maximum absolute atomic E-state index is 11.3. The van der Waals surface area contributed by atoms with Gasteiger partial charge in [0.25, 0.3) is 5.56 Å². The summed E-state index contributed by atoms with van der Waals surface area (Å²) < 4.78 is 6.41. The van der Waals surface area contributed by atoms with Gasteiger partial charge in [0.1, 0.15) is 16.5 Å². The summed E-state index contributed by atoms with van der Waals surface area (Å²) in [6, 6.07) is 5.60. The molecule has 1 aromatic carbocycles. The van der Waals surface area contributed by atoms with E-state index in [1.54, 1.807) is 6.21 Å². The zero-order chi connectivity index (χ0) is 15.2. The van der Waals surface area contributed by atoms with Crippen molar-refractivity contribution in [2.24, 2.45) is 5.10 Å². The molecule has 0 amide bonds. The molecule has 0 saturated carbocycles. The van der Waals surface area contributed by atoms with Crippen LogP contribution in [-0.2, 0) is 0 Å². The molecule has 6 nitrogen and oxygen atoms in total. The van der Waals surface area contributed by atoms with E-state index in [-0.39, 0.29) is 5.02 Å². The molecule has 0 aliphatic carbocycles. The van der Waals surface area contributed by atoms with Crippen LogP contribution < -0.4 is 15.7 Å². The molecular formula is C13H12BrClN4O2. The predicted molar refractivity (Wildman–Crippen MR) is 86.4 cm³/mol. The molecule has 0 radical (unpaired) electrons. The minimum atomic E-state index is -0.477. The van der Waals surface area contributed by atoms with Crippen molar-refractivity contribution in [3.05, 3.63) is 49.8 Å². The molecule has 8 heteroatoms. The van der Waals surface area contributed by atoms with Gasteiger partial charge >= 0.3 is 0 Å². The van der Waals surface area contributed by atoms with Gasteiger partial charge in [0.05, 0.1) is 19.0 Å². The number of nitrogens with zero attached hydrogens (tertiary/aromatic N) is 2. The molecular weight excluding hydrogens is 360 g/mol. The molecule has 2 rings (SSSR count). The quantitative estimate of drug-likeness (QED) is 0.625.